The number of methoxy groups -OCH3 is 1. The predicted molar refractivity (Wildman–Crippen MR) is 116 cm³/mol. The molecule has 0 radical (unpaired) electrons. The summed E-state index contributed by atoms with van der Waals surface area (Å²) < 4.78 is 6.52. The molecule has 0 saturated heterocycles. The van der Waals surface area contributed by atoms with E-state index in [1.165, 1.54) is 11.1 Å². The molecule has 0 saturated carbocycles. The Morgan fingerprint density at radius 3 is 2.61 bits per heavy atom. The van der Waals surface area contributed by atoms with Gasteiger partial charge in [-0.2, -0.15) is 0 Å². The number of para-hydroxylation sites is 1. The van der Waals surface area contributed by atoms with Gasteiger partial charge in [0.15, 0.2) is 5.13 Å². The average molecular weight is 391 g/mol. The van der Waals surface area contributed by atoms with E-state index in [4.69, 9.17) is 9.72 Å². The third-order valence-electron chi connectivity index (χ3n) is 5.06. The zero-order chi connectivity index (χ0) is 19.7. The van der Waals surface area contributed by atoms with E-state index < -0.39 is 0 Å². The van der Waals surface area contributed by atoms with Gasteiger partial charge >= 0.3 is 0 Å². The summed E-state index contributed by atoms with van der Waals surface area (Å²) in [6.45, 7) is 4.20. The number of thiazole rings is 1. The second-order valence-corrected chi connectivity index (χ2v) is 7.81. The van der Waals surface area contributed by atoms with E-state index in [-0.39, 0.29) is 11.8 Å². The first-order valence-electron chi connectivity index (χ1n) is 9.12. The Labute approximate surface area is 168 Å². The van der Waals surface area contributed by atoms with Crippen LogP contribution in [0.4, 0.5) is 5.13 Å². The molecule has 3 aromatic carbocycles. The molecule has 0 amide bonds. The van der Waals surface area contributed by atoms with Gasteiger partial charge in [0.05, 0.1) is 23.4 Å². The summed E-state index contributed by atoms with van der Waals surface area (Å²) in [7, 11) is 1.63. The van der Waals surface area contributed by atoms with Crippen molar-refractivity contribution < 1.29 is 9.84 Å². The SMILES string of the molecule is COc1ccc(O)c(C(Nc2nc3ccccc3s2)c2cccc(C)c2C)c1. The first kappa shape index (κ1) is 18.3. The van der Waals surface area contributed by atoms with Crippen LogP contribution in [0.3, 0.4) is 0 Å². The molecule has 4 rings (SSSR count). The standard InChI is InChI=1S/C23H22N2O2S/c1-14-7-6-8-17(15(14)2)22(18-13-16(27-3)11-12-20(18)26)25-23-24-19-9-4-5-10-21(19)28-23/h4-13,22,26H,1-3H3,(H,24,25). The van der Waals surface area contributed by atoms with Gasteiger partial charge < -0.3 is 15.2 Å². The topological polar surface area (TPSA) is 54.4 Å². The lowest BCUT2D eigenvalue weighted by molar-refractivity contribution is 0.410. The molecule has 5 heteroatoms. The molecule has 0 fully saturated rings. The third-order valence-corrected chi connectivity index (χ3v) is 6.03. The molecular formula is C23H22N2O2S. The quantitative estimate of drug-likeness (QED) is 0.450. The second kappa shape index (κ2) is 7.52. The van der Waals surface area contributed by atoms with Crippen LogP contribution in [0.25, 0.3) is 10.2 Å². The van der Waals surface area contributed by atoms with E-state index in [2.05, 4.69) is 37.4 Å². The van der Waals surface area contributed by atoms with Gasteiger partial charge in [-0.15, -0.1) is 0 Å². The molecule has 28 heavy (non-hydrogen) atoms. The summed E-state index contributed by atoms with van der Waals surface area (Å²) in [5, 5.41) is 15.0. The minimum Gasteiger partial charge on any atom is -0.508 e. The lowest BCUT2D eigenvalue weighted by atomic mass is 9.92. The first-order chi connectivity index (χ1) is 13.6. The van der Waals surface area contributed by atoms with Crippen LogP contribution in [0.2, 0.25) is 0 Å². The fourth-order valence-corrected chi connectivity index (χ4v) is 4.25. The van der Waals surface area contributed by atoms with Gasteiger partial charge in [0, 0.05) is 5.56 Å². The summed E-state index contributed by atoms with van der Waals surface area (Å²) in [6, 6.07) is 19.4. The molecule has 0 spiro atoms. The Morgan fingerprint density at radius 2 is 1.82 bits per heavy atom. The molecule has 1 aromatic heterocycles. The Hall–Kier alpha value is -3.05. The minimum atomic E-state index is -0.254. The highest BCUT2D eigenvalue weighted by atomic mass is 32.1. The molecule has 1 unspecified atom stereocenters. The monoisotopic (exact) mass is 390 g/mol. The number of phenols is 1. The highest BCUT2D eigenvalue weighted by molar-refractivity contribution is 7.22. The van der Waals surface area contributed by atoms with E-state index in [1.807, 2.05) is 30.3 Å². The lowest BCUT2D eigenvalue weighted by Gasteiger charge is -2.23. The van der Waals surface area contributed by atoms with Gasteiger partial charge in [0.2, 0.25) is 0 Å². The number of anilines is 1. The van der Waals surface area contributed by atoms with Crippen LogP contribution in [-0.4, -0.2) is 17.2 Å². The van der Waals surface area contributed by atoms with Gasteiger partial charge in [0.1, 0.15) is 11.5 Å². The van der Waals surface area contributed by atoms with E-state index in [0.29, 0.717) is 5.75 Å². The van der Waals surface area contributed by atoms with Crippen LogP contribution in [0.5, 0.6) is 11.5 Å². The summed E-state index contributed by atoms with van der Waals surface area (Å²) in [6.07, 6.45) is 0. The van der Waals surface area contributed by atoms with Crippen molar-refractivity contribution in [1.82, 2.24) is 4.98 Å². The third kappa shape index (κ3) is 3.41. The maximum absolute atomic E-state index is 10.6. The van der Waals surface area contributed by atoms with Crippen LogP contribution >= 0.6 is 11.3 Å². The number of benzene rings is 3. The number of aromatic nitrogens is 1. The summed E-state index contributed by atoms with van der Waals surface area (Å²) >= 11 is 1.61. The lowest BCUT2D eigenvalue weighted by Crippen LogP contribution is -2.14. The first-order valence-corrected chi connectivity index (χ1v) is 9.93. The zero-order valence-electron chi connectivity index (χ0n) is 16.1. The maximum atomic E-state index is 10.6. The van der Waals surface area contributed by atoms with E-state index in [9.17, 15) is 5.11 Å². The molecule has 1 atom stereocenters. The highest BCUT2D eigenvalue weighted by Gasteiger charge is 2.22. The van der Waals surface area contributed by atoms with Crippen molar-refractivity contribution in [3.8, 4) is 11.5 Å². The van der Waals surface area contributed by atoms with E-state index >= 15 is 0 Å². The fraction of sp³-hybridized carbons (Fsp3) is 0.174. The number of phenolic OH excluding ortho intramolecular Hbond substituents is 1. The summed E-state index contributed by atoms with van der Waals surface area (Å²) in [5.41, 5.74) is 5.21. The minimum absolute atomic E-state index is 0.223. The number of hydrogen-bond donors (Lipinski definition) is 2. The molecular weight excluding hydrogens is 368 g/mol. The predicted octanol–water partition coefficient (Wildman–Crippen LogP) is 5.83. The van der Waals surface area contributed by atoms with E-state index in [0.717, 1.165) is 26.5 Å². The number of aromatic hydroxyl groups is 1. The average Bonchev–Trinajstić information content (AvgIpc) is 3.12. The van der Waals surface area contributed by atoms with Gasteiger partial charge in [-0.3, -0.25) is 0 Å². The van der Waals surface area contributed by atoms with Crippen LogP contribution in [0, 0.1) is 13.8 Å². The van der Waals surface area contributed by atoms with Crippen molar-refractivity contribution in [2.75, 3.05) is 12.4 Å². The molecule has 1 heterocycles. The Kier molecular flexibility index (Phi) is 4.92. The molecule has 142 valence electrons. The molecule has 2 N–H and O–H groups in total. The molecule has 4 nitrogen and oxygen atoms in total. The highest BCUT2D eigenvalue weighted by Crippen LogP contribution is 2.38. The fourth-order valence-electron chi connectivity index (χ4n) is 3.36. The van der Waals surface area contributed by atoms with Crippen molar-refractivity contribution in [3.63, 3.8) is 0 Å². The van der Waals surface area contributed by atoms with Gasteiger partial charge in [-0.25, -0.2) is 4.98 Å². The Morgan fingerprint density at radius 1 is 1.00 bits per heavy atom. The van der Waals surface area contributed by atoms with Crippen molar-refractivity contribution in [1.29, 1.82) is 0 Å². The Balaban J connectivity index is 1.85. The number of aryl methyl sites for hydroxylation is 1. The van der Waals surface area contributed by atoms with E-state index in [1.54, 1.807) is 30.6 Å². The number of rotatable bonds is 5. The number of hydrogen-bond acceptors (Lipinski definition) is 5. The normalized spacial score (nSPS) is 12.1. The molecule has 0 aliphatic heterocycles. The Bertz CT molecular complexity index is 1100. The number of nitrogens with one attached hydrogen (secondary N) is 1. The van der Waals surface area contributed by atoms with Crippen molar-refractivity contribution in [2.45, 2.75) is 19.9 Å². The van der Waals surface area contributed by atoms with Crippen molar-refractivity contribution in [2.24, 2.45) is 0 Å². The second-order valence-electron chi connectivity index (χ2n) is 6.78. The molecule has 0 aliphatic rings. The van der Waals surface area contributed by atoms with Crippen LogP contribution < -0.4 is 10.1 Å². The van der Waals surface area contributed by atoms with Gasteiger partial charge in [-0.05, 0) is 60.9 Å². The van der Waals surface area contributed by atoms with Gasteiger partial charge in [-0.1, -0.05) is 41.7 Å². The zero-order valence-corrected chi connectivity index (χ0v) is 16.9. The smallest absolute Gasteiger partial charge is 0.184 e. The number of ether oxygens (including phenoxy) is 1. The molecule has 0 aliphatic carbocycles. The van der Waals surface area contributed by atoms with Crippen LogP contribution in [0.15, 0.2) is 60.7 Å². The molecule has 0 bridgehead atoms. The maximum Gasteiger partial charge on any atom is 0.184 e. The molecule has 4 aromatic rings. The van der Waals surface area contributed by atoms with Crippen LogP contribution in [-0.2, 0) is 0 Å². The van der Waals surface area contributed by atoms with Crippen LogP contribution in [0.1, 0.15) is 28.3 Å². The van der Waals surface area contributed by atoms with Crippen molar-refractivity contribution in [3.05, 3.63) is 82.9 Å². The summed E-state index contributed by atoms with van der Waals surface area (Å²) in [4.78, 5) is 4.72. The largest absolute Gasteiger partial charge is 0.508 e. The van der Waals surface area contributed by atoms with Gasteiger partial charge in [0.25, 0.3) is 0 Å². The number of fused-ring (bicyclic) bond motifs is 1. The number of nitrogens with zero attached hydrogens (tertiary/aromatic N) is 1. The summed E-state index contributed by atoms with van der Waals surface area (Å²) in [5.74, 6) is 0.925. The van der Waals surface area contributed by atoms with Crippen molar-refractivity contribution >= 4 is 26.7 Å².